The van der Waals surface area contributed by atoms with E-state index < -0.39 is 0 Å². The Kier molecular flexibility index (Phi) is 3.72. The van der Waals surface area contributed by atoms with Crippen LogP contribution in [0.3, 0.4) is 0 Å². The molecular formula is C8H14N2O. The predicted octanol–water partition coefficient (Wildman–Crippen LogP) is 0.751. The molecule has 3 heteroatoms. The summed E-state index contributed by atoms with van der Waals surface area (Å²) in [4.78, 5) is 3.01. The zero-order valence-corrected chi connectivity index (χ0v) is 6.76. The maximum Gasteiger partial charge on any atom is 0.0961 e. The van der Waals surface area contributed by atoms with Crippen LogP contribution in [-0.4, -0.2) is 25.4 Å². The molecule has 3 nitrogen and oxygen atoms in total. The summed E-state index contributed by atoms with van der Waals surface area (Å²) in [5.74, 6) is 0. The lowest BCUT2D eigenvalue weighted by atomic mass is 10.2. The van der Waals surface area contributed by atoms with Gasteiger partial charge in [-0.25, -0.2) is 0 Å². The average Bonchev–Trinajstić information content (AvgIpc) is 2.50. The summed E-state index contributed by atoms with van der Waals surface area (Å²) in [5, 5.41) is 3.14. The average molecular weight is 154 g/mol. The maximum absolute atomic E-state index is 4.84. The molecule has 2 N–H and O–H groups in total. The summed E-state index contributed by atoms with van der Waals surface area (Å²) >= 11 is 0. The number of ether oxygens (including phenoxy) is 1. The van der Waals surface area contributed by atoms with Gasteiger partial charge in [-0.1, -0.05) is 0 Å². The summed E-state index contributed by atoms with van der Waals surface area (Å²) in [5.41, 5.74) is 1.33. The second kappa shape index (κ2) is 4.93. The Balaban J connectivity index is 2.04. The monoisotopic (exact) mass is 154 g/mol. The van der Waals surface area contributed by atoms with Crippen molar-refractivity contribution in [3.8, 4) is 0 Å². The molecule has 0 bridgehead atoms. The number of hydrogen-bond acceptors (Lipinski definition) is 2. The molecule has 1 aromatic heterocycles. The van der Waals surface area contributed by atoms with Crippen molar-refractivity contribution in [3.05, 3.63) is 24.0 Å². The highest BCUT2D eigenvalue weighted by atomic mass is 16.5. The highest BCUT2D eigenvalue weighted by Gasteiger charge is 1.90. The number of methoxy groups -OCH3 is 1. The topological polar surface area (TPSA) is 37.0 Å². The van der Waals surface area contributed by atoms with Crippen LogP contribution >= 0.6 is 0 Å². The first-order chi connectivity index (χ1) is 5.43. The van der Waals surface area contributed by atoms with Gasteiger partial charge in [-0.05, 0) is 18.1 Å². The Labute approximate surface area is 66.8 Å². The van der Waals surface area contributed by atoms with E-state index in [2.05, 4.69) is 16.4 Å². The minimum Gasteiger partial charge on any atom is -0.370 e. The van der Waals surface area contributed by atoms with Gasteiger partial charge in [-0.15, -0.1) is 0 Å². The maximum atomic E-state index is 4.84. The first-order valence-electron chi connectivity index (χ1n) is 3.75. The van der Waals surface area contributed by atoms with Crippen LogP contribution in [0.25, 0.3) is 0 Å². The van der Waals surface area contributed by atoms with Gasteiger partial charge in [0.2, 0.25) is 0 Å². The predicted molar refractivity (Wildman–Crippen MR) is 44.4 cm³/mol. The van der Waals surface area contributed by atoms with E-state index >= 15 is 0 Å². The fourth-order valence-corrected chi connectivity index (χ4v) is 0.921. The first-order valence-corrected chi connectivity index (χ1v) is 3.75. The molecule has 1 rings (SSSR count). The van der Waals surface area contributed by atoms with Crippen molar-refractivity contribution < 1.29 is 4.74 Å². The molecule has 0 saturated carbocycles. The van der Waals surface area contributed by atoms with Crippen molar-refractivity contribution in [2.75, 3.05) is 20.4 Å². The zero-order valence-electron chi connectivity index (χ0n) is 6.76. The van der Waals surface area contributed by atoms with Gasteiger partial charge in [0, 0.05) is 26.0 Å². The molecule has 0 aliphatic rings. The number of H-pyrrole nitrogens is 1. The normalized spacial score (nSPS) is 10.3. The van der Waals surface area contributed by atoms with Crippen molar-refractivity contribution in [2.45, 2.75) is 6.42 Å². The summed E-state index contributed by atoms with van der Waals surface area (Å²) < 4.78 is 4.84. The van der Waals surface area contributed by atoms with E-state index in [4.69, 9.17) is 4.74 Å². The quantitative estimate of drug-likeness (QED) is 0.485. The standard InChI is InChI=1S/C8H14N2O/c1-11-7-10-5-3-8-2-4-9-6-8/h2,4,6,9-10H,3,5,7H2,1H3. The van der Waals surface area contributed by atoms with Crippen LogP contribution < -0.4 is 5.32 Å². The summed E-state index contributed by atoms with van der Waals surface area (Å²) in [6.07, 6.45) is 4.99. The third-order valence-electron chi connectivity index (χ3n) is 1.50. The number of rotatable bonds is 5. The highest BCUT2D eigenvalue weighted by Crippen LogP contribution is 1.95. The molecule has 0 fully saturated rings. The molecule has 0 saturated heterocycles. The number of hydrogen-bond donors (Lipinski definition) is 2. The lowest BCUT2D eigenvalue weighted by Gasteiger charge is -2.00. The molecule has 62 valence electrons. The number of aromatic nitrogens is 1. The van der Waals surface area contributed by atoms with Gasteiger partial charge in [0.15, 0.2) is 0 Å². The Morgan fingerprint density at radius 3 is 3.18 bits per heavy atom. The lowest BCUT2D eigenvalue weighted by Crippen LogP contribution is -2.19. The molecule has 0 unspecified atom stereocenters. The van der Waals surface area contributed by atoms with Gasteiger partial charge < -0.3 is 9.72 Å². The molecule has 1 heterocycles. The molecule has 0 radical (unpaired) electrons. The second-order valence-corrected chi connectivity index (χ2v) is 2.40. The van der Waals surface area contributed by atoms with Crippen molar-refractivity contribution >= 4 is 0 Å². The molecule has 0 spiro atoms. The minimum absolute atomic E-state index is 0.629. The summed E-state index contributed by atoms with van der Waals surface area (Å²) in [6.45, 7) is 1.59. The van der Waals surface area contributed by atoms with Crippen LogP contribution in [0, 0.1) is 0 Å². The summed E-state index contributed by atoms with van der Waals surface area (Å²) in [6, 6.07) is 2.08. The zero-order chi connectivity index (χ0) is 7.94. The van der Waals surface area contributed by atoms with Crippen LogP contribution in [-0.2, 0) is 11.2 Å². The highest BCUT2D eigenvalue weighted by molar-refractivity contribution is 5.08. The SMILES string of the molecule is COCNCCc1cc[nH]c1. The number of aromatic amines is 1. The van der Waals surface area contributed by atoms with Crippen LogP contribution in [0.4, 0.5) is 0 Å². The molecule has 1 aromatic rings. The minimum atomic E-state index is 0.629. The Morgan fingerprint density at radius 2 is 2.55 bits per heavy atom. The molecule has 11 heavy (non-hydrogen) atoms. The van der Waals surface area contributed by atoms with Crippen LogP contribution in [0.2, 0.25) is 0 Å². The van der Waals surface area contributed by atoms with E-state index in [-0.39, 0.29) is 0 Å². The van der Waals surface area contributed by atoms with Gasteiger partial charge in [-0.3, -0.25) is 5.32 Å². The fraction of sp³-hybridized carbons (Fsp3) is 0.500. The van der Waals surface area contributed by atoms with E-state index in [0.29, 0.717) is 6.73 Å². The molecule has 0 atom stereocenters. The molecule has 0 aliphatic carbocycles. The van der Waals surface area contributed by atoms with Gasteiger partial charge in [0.25, 0.3) is 0 Å². The Hall–Kier alpha value is -0.800. The molecular weight excluding hydrogens is 140 g/mol. The van der Waals surface area contributed by atoms with E-state index in [1.807, 2.05) is 12.4 Å². The van der Waals surface area contributed by atoms with E-state index in [0.717, 1.165) is 13.0 Å². The first kappa shape index (κ1) is 8.30. The van der Waals surface area contributed by atoms with E-state index in [9.17, 15) is 0 Å². The lowest BCUT2D eigenvalue weighted by molar-refractivity contribution is 0.176. The number of nitrogens with one attached hydrogen (secondary N) is 2. The van der Waals surface area contributed by atoms with E-state index in [1.165, 1.54) is 5.56 Å². The van der Waals surface area contributed by atoms with Crippen molar-refractivity contribution in [1.29, 1.82) is 0 Å². The Morgan fingerprint density at radius 1 is 1.64 bits per heavy atom. The van der Waals surface area contributed by atoms with Crippen molar-refractivity contribution in [1.82, 2.24) is 10.3 Å². The van der Waals surface area contributed by atoms with E-state index in [1.54, 1.807) is 7.11 Å². The van der Waals surface area contributed by atoms with Crippen LogP contribution in [0.1, 0.15) is 5.56 Å². The van der Waals surface area contributed by atoms with Crippen LogP contribution in [0.5, 0.6) is 0 Å². The third-order valence-corrected chi connectivity index (χ3v) is 1.50. The van der Waals surface area contributed by atoms with Gasteiger partial charge in [-0.2, -0.15) is 0 Å². The molecule has 0 aromatic carbocycles. The Bertz CT molecular complexity index is 172. The van der Waals surface area contributed by atoms with Gasteiger partial charge in [0.1, 0.15) is 0 Å². The third kappa shape index (κ3) is 3.20. The largest absolute Gasteiger partial charge is 0.370 e. The van der Waals surface area contributed by atoms with Gasteiger partial charge >= 0.3 is 0 Å². The molecule has 0 amide bonds. The smallest absolute Gasteiger partial charge is 0.0961 e. The van der Waals surface area contributed by atoms with Gasteiger partial charge in [0.05, 0.1) is 6.73 Å². The van der Waals surface area contributed by atoms with Crippen molar-refractivity contribution in [2.24, 2.45) is 0 Å². The molecule has 0 aliphatic heterocycles. The summed E-state index contributed by atoms with van der Waals surface area (Å²) in [7, 11) is 1.68. The second-order valence-electron chi connectivity index (χ2n) is 2.40. The van der Waals surface area contributed by atoms with Crippen molar-refractivity contribution in [3.63, 3.8) is 0 Å². The fourth-order valence-electron chi connectivity index (χ4n) is 0.921. The van der Waals surface area contributed by atoms with Crippen LogP contribution in [0.15, 0.2) is 18.5 Å².